The summed E-state index contributed by atoms with van der Waals surface area (Å²) in [4.78, 5) is -0.278. The maximum Gasteiger partial charge on any atom is 0.185 e. The van der Waals surface area contributed by atoms with Gasteiger partial charge in [0.05, 0.1) is 0 Å². The van der Waals surface area contributed by atoms with Gasteiger partial charge in [0, 0.05) is 6.26 Å². The minimum Gasteiger partial charge on any atom is -0.457 e. The van der Waals surface area contributed by atoms with E-state index in [1.54, 1.807) is 30.3 Å². The van der Waals surface area contributed by atoms with Crippen LogP contribution in [0.2, 0.25) is 0 Å². The molecule has 0 heterocycles. The molecular formula is C16H13NO3S. The van der Waals surface area contributed by atoms with Crippen LogP contribution in [0.15, 0.2) is 59.5 Å². The number of hydrogen-bond donors (Lipinski definition) is 0. The van der Waals surface area contributed by atoms with Crippen LogP contribution < -0.4 is 4.74 Å². The van der Waals surface area contributed by atoms with Crippen LogP contribution in [0.1, 0.15) is 5.56 Å². The van der Waals surface area contributed by atoms with Crippen molar-refractivity contribution in [2.75, 3.05) is 6.26 Å². The number of nitrogens with zero attached hydrogens (tertiary/aromatic N) is 1. The number of hydrogen-bond acceptors (Lipinski definition) is 4. The third kappa shape index (κ3) is 4.20. The highest BCUT2D eigenvalue weighted by molar-refractivity contribution is 7.95. The number of benzene rings is 2. The molecule has 5 heteroatoms. The second-order valence-electron chi connectivity index (χ2n) is 4.38. The molecular weight excluding hydrogens is 286 g/mol. The molecule has 0 fully saturated rings. The molecule has 0 spiro atoms. The van der Waals surface area contributed by atoms with Crippen molar-refractivity contribution in [1.29, 1.82) is 5.26 Å². The van der Waals surface area contributed by atoms with E-state index in [1.165, 1.54) is 6.08 Å². The van der Waals surface area contributed by atoms with Gasteiger partial charge in [-0.3, -0.25) is 0 Å². The lowest BCUT2D eigenvalue weighted by Gasteiger charge is -2.06. The molecule has 4 nitrogen and oxygen atoms in total. The van der Waals surface area contributed by atoms with Crippen LogP contribution in [0.3, 0.4) is 0 Å². The lowest BCUT2D eigenvalue weighted by Crippen LogP contribution is -1.98. The van der Waals surface area contributed by atoms with E-state index in [-0.39, 0.29) is 4.91 Å². The van der Waals surface area contributed by atoms with Crippen molar-refractivity contribution in [2.45, 2.75) is 0 Å². The summed E-state index contributed by atoms with van der Waals surface area (Å²) in [5.41, 5.74) is 0.588. The summed E-state index contributed by atoms with van der Waals surface area (Å²) in [7, 11) is -3.53. The molecule has 106 valence electrons. The van der Waals surface area contributed by atoms with Gasteiger partial charge in [-0.15, -0.1) is 0 Å². The number of rotatable bonds is 4. The predicted octanol–water partition coefficient (Wildman–Crippen LogP) is 3.39. The fourth-order valence-corrected chi connectivity index (χ4v) is 2.18. The molecule has 0 aliphatic carbocycles. The molecule has 0 amide bonds. The average molecular weight is 299 g/mol. The fraction of sp³-hybridized carbons (Fsp3) is 0.0625. The van der Waals surface area contributed by atoms with E-state index in [4.69, 9.17) is 10.00 Å². The summed E-state index contributed by atoms with van der Waals surface area (Å²) in [6.07, 6.45) is 2.33. The largest absolute Gasteiger partial charge is 0.457 e. The molecule has 2 aromatic rings. The molecule has 0 aliphatic rings. The number of ether oxygens (including phenoxy) is 1. The Hall–Kier alpha value is -2.58. The van der Waals surface area contributed by atoms with Crippen LogP contribution >= 0.6 is 0 Å². The summed E-state index contributed by atoms with van der Waals surface area (Å²) in [5.74, 6) is 1.25. The Morgan fingerprint density at radius 2 is 1.76 bits per heavy atom. The lowest BCUT2D eigenvalue weighted by molar-refractivity contribution is 0.482. The van der Waals surface area contributed by atoms with Crippen molar-refractivity contribution in [2.24, 2.45) is 0 Å². The van der Waals surface area contributed by atoms with Crippen molar-refractivity contribution in [1.82, 2.24) is 0 Å². The second kappa shape index (κ2) is 6.25. The molecule has 0 aliphatic heterocycles. The quantitative estimate of drug-likeness (QED) is 0.812. The van der Waals surface area contributed by atoms with Crippen LogP contribution in [0.5, 0.6) is 11.5 Å². The van der Waals surface area contributed by atoms with Crippen molar-refractivity contribution < 1.29 is 13.2 Å². The maximum atomic E-state index is 11.4. The van der Waals surface area contributed by atoms with Gasteiger partial charge in [0.25, 0.3) is 0 Å². The molecule has 2 aromatic carbocycles. The Labute approximate surface area is 123 Å². The highest BCUT2D eigenvalue weighted by atomic mass is 32.2. The van der Waals surface area contributed by atoms with Crippen molar-refractivity contribution >= 4 is 15.9 Å². The third-order valence-corrected chi connectivity index (χ3v) is 3.65. The lowest BCUT2D eigenvalue weighted by atomic mass is 10.2. The van der Waals surface area contributed by atoms with E-state index >= 15 is 0 Å². The zero-order valence-corrected chi connectivity index (χ0v) is 12.2. The first-order chi connectivity index (χ1) is 9.99. The zero-order valence-electron chi connectivity index (χ0n) is 11.4. The van der Waals surface area contributed by atoms with Gasteiger partial charge in [0.2, 0.25) is 0 Å². The number of sulfone groups is 1. The Morgan fingerprint density at radius 1 is 1.10 bits per heavy atom. The van der Waals surface area contributed by atoms with Crippen LogP contribution in [-0.2, 0) is 9.84 Å². The molecule has 0 N–H and O–H groups in total. The molecule has 21 heavy (non-hydrogen) atoms. The predicted molar refractivity (Wildman–Crippen MR) is 81.4 cm³/mol. The number of nitriles is 1. The Kier molecular flexibility index (Phi) is 4.41. The van der Waals surface area contributed by atoms with Gasteiger partial charge in [0.15, 0.2) is 9.84 Å². The molecule has 0 radical (unpaired) electrons. The van der Waals surface area contributed by atoms with Crippen LogP contribution in [-0.4, -0.2) is 14.7 Å². The third-order valence-electron chi connectivity index (χ3n) is 2.64. The minimum absolute atomic E-state index is 0.278. The van der Waals surface area contributed by atoms with E-state index in [0.29, 0.717) is 17.1 Å². The Bertz CT molecular complexity index is 803. The molecule has 0 saturated carbocycles. The average Bonchev–Trinajstić information content (AvgIpc) is 2.45. The van der Waals surface area contributed by atoms with Crippen molar-refractivity contribution in [3.05, 3.63) is 65.1 Å². The summed E-state index contributed by atoms with van der Waals surface area (Å²) in [6, 6.07) is 17.8. The Balaban J connectivity index is 2.31. The normalized spacial score (nSPS) is 11.7. The Morgan fingerprint density at radius 3 is 2.38 bits per heavy atom. The highest BCUT2D eigenvalue weighted by Crippen LogP contribution is 2.23. The van der Waals surface area contributed by atoms with Gasteiger partial charge >= 0.3 is 0 Å². The van der Waals surface area contributed by atoms with E-state index < -0.39 is 9.84 Å². The summed E-state index contributed by atoms with van der Waals surface area (Å²) >= 11 is 0. The SMILES string of the molecule is CS(=O)(=O)C(C#N)=Cc1cccc(Oc2ccccc2)c1. The zero-order chi connectivity index (χ0) is 15.3. The first kappa shape index (κ1) is 14.8. The van der Waals surface area contributed by atoms with E-state index in [2.05, 4.69) is 0 Å². The van der Waals surface area contributed by atoms with Crippen LogP contribution in [0, 0.1) is 11.3 Å². The van der Waals surface area contributed by atoms with Gasteiger partial charge in [-0.25, -0.2) is 8.42 Å². The number of allylic oxidation sites excluding steroid dienone is 1. The van der Waals surface area contributed by atoms with Gasteiger partial charge in [0.1, 0.15) is 22.5 Å². The van der Waals surface area contributed by atoms with Crippen LogP contribution in [0.25, 0.3) is 6.08 Å². The van der Waals surface area contributed by atoms with E-state index in [9.17, 15) is 8.42 Å². The smallest absolute Gasteiger partial charge is 0.185 e. The van der Waals surface area contributed by atoms with Crippen LogP contribution in [0.4, 0.5) is 0 Å². The van der Waals surface area contributed by atoms with Gasteiger partial charge in [-0.2, -0.15) is 5.26 Å². The monoisotopic (exact) mass is 299 g/mol. The molecule has 0 atom stereocenters. The molecule has 0 aromatic heterocycles. The first-order valence-electron chi connectivity index (χ1n) is 6.14. The summed E-state index contributed by atoms with van der Waals surface area (Å²) < 4.78 is 28.5. The number of para-hydroxylation sites is 1. The molecule has 0 bridgehead atoms. The second-order valence-corrected chi connectivity index (χ2v) is 6.36. The van der Waals surface area contributed by atoms with Crippen molar-refractivity contribution in [3.63, 3.8) is 0 Å². The van der Waals surface area contributed by atoms with E-state index in [1.807, 2.05) is 30.3 Å². The van der Waals surface area contributed by atoms with Gasteiger partial charge in [-0.05, 0) is 35.9 Å². The first-order valence-corrected chi connectivity index (χ1v) is 8.03. The summed E-state index contributed by atoms with van der Waals surface area (Å²) in [6.45, 7) is 0. The standard InChI is InChI=1S/C16H13NO3S/c1-21(18,19)16(12-17)11-13-6-5-9-15(10-13)20-14-7-3-2-4-8-14/h2-11H,1H3. The minimum atomic E-state index is -3.53. The molecule has 0 saturated heterocycles. The van der Waals surface area contributed by atoms with Crippen molar-refractivity contribution in [3.8, 4) is 17.6 Å². The fourth-order valence-electron chi connectivity index (χ4n) is 1.67. The molecule has 2 rings (SSSR count). The van der Waals surface area contributed by atoms with E-state index in [0.717, 1.165) is 6.26 Å². The van der Waals surface area contributed by atoms with Gasteiger partial charge < -0.3 is 4.74 Å². The maximum absolute atomic E-state index is 11.4. The van der Waals surface area contributed by atoms with Gasteiger partial charge in [-0.1, -0.05) is 30.3 Å². The highest BCUT2D eigenvalue weighted by Gasteiger charge is 2.10. The topological polar surface area (TPSA) is 67.2 Å². The molecule has 0 unspecified atom stereocenters. The summed E-state index contributed by atoms with van der Waals surface area (Å²) in [5, 5.41) is 8.90.